The van der Waals surface area contributed by atoms with Gasteiger partial charge in [0, 0.05) is 42.5 Å². The van der Waals surface area contributed by atoms with Crippen molar-refractivity contribution in [1.29, 1.82) is 0 Å². The van der Waals surface area contributed by atoms with Gasteiger partial charge in [-0.2, -0.15) is 0 Å². The summed E-state index contributed by atoms with van der Waals surface area (Å²) in [6.45, 7) is 5.92. The van der Waals surface area contributed by atoms with Gasteiger partial charge in [0.2, 0.25) is 0 Å². The van der Waals surface area contributed by atoms with E-state index < -0.39 is 0 Å². The maximum Gasteiger partial charge on any atom is 0.176 e. The first-order valence-electron chi connectivity index (χ1n) is 9.00. The van der Waals surface area contributed by atoms with Crippen molar-refractivity contribution in [3.63, 3.8) is 0 Å². The number of methoxy groups -OCH3 is 2. The number of nitrogens with zero attached hydrogens (tertiary/aromatic N) is 2. The van der Waals surface area contributed by atoms with Gasteiger partial charge in [-0.25, -0.2) is 0 Å². The Hall–Kier alpha value is -2.24. The minimum atomic E-state index is 0.0864. The smallest absolute Gasteiger partial charge is 0.176 e. The topological polar surface area (TPSA) is 42.0 Å². The first-order valence-corrected chi connectivity index (χ1v) is 9.38. The number of carbonyl (C=O) groups is 1. The maximum absolute atomic E-state index is 12.7. The normalized spacial score (nSPS) is 14.9. The molecule has 1 heterocycles. The number of hydrogen-bond donors (Lipinski definition) is 0. The first kappa shape index (κ1) is 19.5. The fourth-order valence-electron chi connectivity index (χ4n) is 3.37. The Morgan fingerprint density at radius 1 is 1.00 bits per heavy atom. The van der Waals surface area contributed by atoms with Crippen LogP contribution in [0.3, 0.4) is 0 Å². The summed E-state index contributed by atoms with van der Waals surface area (Å²) in [7, 11) is 3.16. The number of ketones is 1. The van der Waals surface area contributed by atoms with Crippen molar-refractivity contribution in [2.45, 2.75) is 6.92 Å². The number of hydrogen-bond acceptors (Lipinski definition) is 5. The second-order valence-corrected chi connectivity index (χ2v) is 7.12. The number of aryl methyl sites for hydroxylation is 1. The molecule has 0 saturated carbocycles. The molecule has 1 saturated heterocycles. The minimum Gasteiger partial charge on any atom is -0.493 e. The number of halogens is 1. The van der Waals surface area contributed by atoms with Crippen molar-refractivity contribution in [3.05, 3.63) is 52.5 Å². The van der Waals surface area contributed by atoms with Crippen LogP contribution in [-0.4, -0.2) is 57.6 Å². The molecule has 0 N–H and O–H groups in total. The van der Waals surface area contributed by atoms with Crippen molar-refractivity contribution < 1.29 is 14.3 Å². The molecule has 1 aliphatic rings. The van der Waals surface area contributed by atoms with Gasteiger partial charge >= 0.3 is 0 Å². The Kier molecular flexibility index (Phi) is 6.24. The largest absolute Gasteiger partial charge is 0.493 e. The van der Waals surface area contributed by atoms with E-state index in [1.54, 1.807) is 32.4 Å². The highest BCUT2D eigenvalue weighted by atomic mass is 35.5. The Morgan fingerprint density at radius 3 is 2.37 bits per heavy atom. The van der Waals surface area contributed by atoms with Crippen molar-refractivity contribution in [1.82, 2.24) is 4.90 Å². The third kappa shape index (κ3) is 4.54. The molecule has 0 amide bonds. The first-order chi connectivity index (χ1) is 13.0. The second kappa shape index (κ2) is 8.63. The van der Waals surface area contributed by atoms with Crippen molar-refractivity contribution in [2.24, 2.45) is 0 Å². The summed E-state index contributed by atoms with van der Waals surface area (Å²) in [4.78, 5) is 17.2. The molecule has 0 unspecified atom stereocenters. The molecule has 27 heavy (non-hydrogen) atoms. The van der Waals surface area contributed by atoms with Gasteiger partial charge in [-0.1, -0.05) is 17.7 Å². The number of piperazine rings is 1. The lowest BCUT2D eigenvalue weighted by molar-refractivity contribution is 0.0926. The number of Topliss-reactive ketones (excluding diaryl/α,β-unsaturated/α-hetero) is 1. The van der Waals surface area contributed by atoms with E-state index in [4.69, 9.17) is 21.1 Å². The summed E-state index contributed by atoms with van der Waals surface area (Å²) in [5.41, 5.74) is 3.03. The van der Waals surface area contributed by atoms with Crippen LogP contribution in [0, 0.1) is 6.92 Å². The fraction of sp³-hybridized carbons (Fsp3) is 0.381. The number of benzene rings is 2. The molecule has 1 aliphatic heterocycles. The summed E-state index contributed by atoms with van der Waals surface area (Å²) in [5.74, 6) is 1.28. The van der Waals surface area contributed by atoms with E-state index in [1.807, 2.05) is 18.2 Å². The lowest BCUT2D eigenvalue weighted by Gasteiger charge is -2.36. The van der Waals surface area contributed by atoms with Gasteiger partial charge < -0.3 is 14.4 Å². The van der Waals surface area contributed by atoms with Gasteiger partial charge in [0.1, 0.15) is 0 Å². The molecule has 144 valence electrons. The van der Waals surface area contributed by atoms with Crippen LogP contribution < -0.4 is 14.4 Å². The average Bonchev–Trinajstić information content (AvgIpc) is 2.69. The Morgan fingerprint density at radius 2 is 1.70 bits per heavy atom. The van der Waals surface area contributed by atoms with Crippen LogP contribution >= 0.6 is 11.6 Å². The molecule has 0 spiro atoms. The minimum absolute atomic E-state index is 0.0864. The van der Waals surface area contributed by atoms with Crippen molar-refractivity contribution in [2.75, 3.05) is 51.8 Å². The van der Waals surface area contributed by atoms with Crippen LogP contribution in [0.2, 0.25) is 5.02 Å². The summed E-state index contributed by atoms with van der Waals surface area (Å²) in [5, 5.41) is 0.752. The monoisotopic (exact) mass is 388 g/mol. The summed E-state index contributed by atoms with van der Waals surface area (Å²) in [6, 6.07) is 11.3. The molecule has 5 nitrogen and oxygen atoms in total. The SMILES string of the molecule is COc1ccc(C(=O)CN2CCN(c3cc(Cl)ccc3C)CC2)cc1OC. The molecule has 2 aromatic rings. The number of ether oxygens (including phenoxy) is 2. The molecule has 2 aromatic carbocycles. The summed E-state index contributed by atoms with van der Waals surface area (Å²) < 4.78 is 10.5. The number of carbonyl (C=O) groups excluding carboxylic acids is 1. The van der Waals surface area contributed by atoms with Crippen LogP contribution in [0.4, 0.5) is 5.69 Å². The van der Waals surface area contributed by atoms with E-state index in [9.17, 15) is 4.79 Å². The van der Waals surface area contributed by atoms with Gasteiger partial charge in [-0.15, -0.1) is 0 Å². The van der Waals surface area contributed by atoms with E-state index in [0.717, 1.165) is 31.2 Å². The molecular weight excluding hydrogens is 364 g/mol. The Bertz CT molecular complexity index is 817. The Balaban J connectivity index is 1.60. The molecule has 0 radical (unpaired) electrons. The van der Waals surface area contributed by atoms with Crippen molar-refractivity contribution in [3.8, 4) is 11.5 Å². The second-order valence-electron chi connectivity index (χ2n) is 6.69. The zero-order valence-electron chi connectivity index (χ0n) is 16.0. The predicted octanol–water partition coefficient (Wildman–Crippen LogP) is 3.67. The zero-order valence-corrected chi connectivity index (χ0v) is 16.8. The third-order valence-electron chi connectivity index (χ3n) is 4.96. The third-order valence-corrected chi connectivity index (χ3v) is 5.19. The number of anilines is 1. The van der Waals surface area contributed by atoms with E-state index in [1.165, 1.54) is 11.3 Å². The van der Waals surface area contributed by atoms with Gasteiger partial charge in [-0.05, 0) is 42.8 Å². The maximum atomic E-state index is 12.7. The molecule has 1 fully saturated rings. The highest BCUT2D eigenvalue weighted by molar-refractivity contribution is 6.30. The van der Waals surface area contributed by atoms with E-state index in [-0.39, 0.29) is 5.78 Å². The van der Waals surface area contributed by atoms with Crippen LogP contribution in [0.25, 0.3) is 0 Å². The summed E-state index contributed by atoms with van der Waals surface area (Å²) in [6.07, 6.45) is 0. The van der Waals surface area contributed by atoms with E-state index in [0.29, 0.717) is 23.6 Å². The van der Waals surface area contributed by atoms with Crippen LogP contribution in [0.15, 0.2) is 36.4 Å². The fourth-order valence-corrected chi connectivity index (χ4v) is 3.54. The molecule has 3 rings (SSSR count). The predicted molar refractivity (Wildman–Crippen MR) is 109 cm³/mol. The standard InChI is InChI=1S/C21H25ClN2O3/c1-15-4-6-17(22)13-18(15)24-10-8-23(9-11-24)14-19(25)16-5-7-20(26-2)21(12-16)27-3/h4-7,12-13H,8-11,14H2,1-3H3. The average molecular weight is 389 g/mol. The molecule has 0 aromatic heterocycles. The molecule has 0 atom stereocenters. The van der Waals surface area contributed by atoms with E-state index in [2.05, 4.69) is 16.7 Å². The highest BCUT2D eigenvalue weighted by Crippen LogP contribution is 2.28. The highest BCUT2D eigenvalue weighted by Gasteiger charge is 2.21. The molecular formula is C21H25ClN2O3. The lowest BCUT2D eigenvalue weighted by Crippen LogP contribution is -2.48. The quantitative estimate of drug-likeness (QED) is 0.706. The Labute approximate surface area is 165 Å². The number of rotatable bonds is 6. The van der Waals surface area contributed by atoms with Gasteiger partial charge in [0.05, 0.1) is 20.8 Å². The molecule has 0 bridgehead atoms. The van der Waals surface area contributed by atoms with Gasteiger partial charge in [-0.3, -0.25) is 9.69 Å². The van der Waals surface area contributed by atoms with Crippen molar-refractivity contribution >= 4 is 23.1 Å². The molecule has 6 heteroatoms. The van der Waals surface area contributed by atoms with Gasteiger partial charge in [0.25, 0.3) is 0 Å². The van der Waals surface area contributed by atoms with Crippen LogP contribution in [-0.2, 0) is 0 Å². The van der Waals surface area contributed by atoms with Crippen LogP contribution in [0.1, 0.15) is 15.9 Å². The summed E-state index contributed by atoms with van der Waals surface area (Å²) >= 11 is 6.15. The van der Waals surface area contributed by atoms with E-state index >= 15 is 0 Å². The lowest BCUT2D eigenvalue weighted by atomic mass is 10.1. The molecule has 0 aliphatic carbocycles. The van der Waals surface area contributed by atoms with Crippen LogP contribution in [0.5, 0.6) is 11.5 Å². The zero-order chi connectivity index (χ0) is 19.4. The van der Waals surface area contributed by atoms with Gasteiger partial charge in [0.15, 0.2) is 17.3 Å².